The highest BCUT2D eigenvalue weighted by molar-refractivity contribution is 4.92. The Hall–Kier alpha value is -0.340. The molecule has 0 amide bonds. The molecule has 0 aliphatic carbocycles. The molecule has 23 heavy (non-hydrogen) atoms. The maximum atomic E-state index is 5.96. The Morgan fingerprint density at radius 2 is 1.26 bits per heavy atom. The molecule has 1 fully saturated rings. The Kier molecular flexibility index (Phi) is 10.9. The summed E-state index contributed by atoms with van der Waals surface area (Å²) in [5, 5.41) is 0. The summed E-state index contributed by atoms with van der Waals surface area (Å²) < 4.78 is 11.8. The lowest BCUT2D eigenvalue weighted by molar-refractivity contribution is -0.143. The van der Waals surface area contributed by atoms with E-state index in [9.17, 15) is 0 Å². The summed E-state index contributed by atoms with van der Waals surface area (Å²) in [6.07, 6.45) is 19.9. The first-order valence-corrected chi connectivity index (χ1v) is 10.1. The molecule has 2 heteroatoms. The number of ether oxygens (including phenoxy) is 2. The summed E-state index contributed by atoms with van der Waals surface area (Å²) in [6.45, 7) is 10.1. The van der Waals surface area contributed by atoms with Crippen molar-refractivity contribution in [3.63, 3.8) is 0 Å². The van der Waals surface area contributed by atoms with E-state index in [1.165, 1.54) is 77.0 Å². The van der Waals surface area contributed by atoms with E-state index in [-0.39, 0.29) is 12.2 Å². The van der Waals surface area contributed by atoms with Crippen LogP contribution in [0.2, 0.25) is 0 Å². The number of unbranched alkanes of at least 4 members (excludes halogenated alkanes) is 11. The van der Waals surface area contributed by atoms with Gasteiger partial charge in [0.2, 0.25) is 0 Å². The van der Waals surface area contributed by atoms with Gasteiger partial charge >= 0.3 is 0 Å². The predicted molar refractivity (Wildman–Crippen MR) is 99.7 cm³/mol. The van der Waals surface area contributed by atoms with E-state index < -0.39 is 5.79 Å². The van der Waals surface area contributed by atoms with Gasteiger partial charge in [0.25, 0.3) is 0 Å². The average molecular weight is 325 g/mol. The molecule has 0 aromatic rings. The van der Waals surface area contributed by atoms with Crippen LogP contribution in [0.3, 0.4) is 0 Å². The third kappa shape index (κ3) is 9.52. The van der Waals surface area contributed by atoms with Crippen LogP contribution in [0.1, 0.15) is 104 Å². The second kappa shape index (κ2) is 12.1. The van der Waals surface area contributed by atoms with Crippen LogP contribution in [0.25, 0.3) is 0 Å². The molecule has 136 valence electrons. The van der Waals surface area contributed by atoms with Crippen molar-refractivity contribution in [3.8, 4) is 0 Å². The quantitative estimate of drug-likeness (QED) is 0.259. The van der Waals surface area contributed by atoms with E-state index >= 15 is 0 Å². The maximum absolute atomic E-state index is 5.96. The van der Waals surface area contributed by atoms with Gasteiger partial charge in [0.05, 0.1) is 6.10 Å². The van der Waals surface area contributed by atoms with E-state index in [0.29, 0.717) is 0 Å². The van der Waals surface area contributed by atoms with Crippen LogP contribution in [0.15, 0.2) is 12.7 Å². The number of hydrogen-bond acceptors (Lipinski definition) is 2. The third-order valence-corrected chi connectivity index (χ3v) is 4.80. The lowest BCUT2D eigenvalue weighted by Gasteiger charge is -2.16. The van der Waals surface area contributed by atoms with Gasteiger partial charge in [-0.1, -0.05) is 90.0 Å². The number of rotatable bonds is 14. The Morgan fingerprint density at radius 1 is 0.783 bits per heavy atom. The van der Waals surface area contributed by atoms with Gasteiger partial charge in [0, 0.05) is 0 Å². The van der Waals surface area contributed by atoms with Gasteiger partial charge in [0.15, 0.2) is 5.79 Å². The lowest BCUT2D eigenvalue weighted by atomic mass is 10.0. The minimum Gasteiger partial charge on any atom is -0.344 e. The largest absolute Gasteiger partial charge is 0.344 e. The van der Waals surface area contributed by atoms with Crippen LogP contribution >= 0.6 is 0 Å². The molecule has 2 nitrogen and oxygen atoms in total. The SMILES string of the molecule is C=C[C@H]1OC(C)(C)O[C@@H]1CCCCCCCCCCCCCC. The third-order valence-electron chi connectivity index (χ3n) is 4.80. The molecule has 0 saturated carbocycles. The van der Waals surface area contributed by atoms with Gasteiger partial charge in [-0.3, -0.25) is 0 Å². The summed E-state index contributed by atoms with van der Waals surface area (Å²) in [7, 11) is 0. The first-order chi connectivity index (χ1) is 11.1. The highest BCUT2D eigenvalue weighted by atomic mass is 16.7. The molecular weight excluding hydrogens is 284 g/mol. The molecule has 0 aromatic heterocycles. The van der Waals surface area contributed by atoms with Crippen molar-refractivity contribution < 1.29 is 9.47 Å². The maximum Gasteiger partial charge on any atom is 0.164 e. The Morgan fingerprint density at radius 3 is 1.74 bits per heavy atom. The molecule has 2 atom stereocenters. The smallest absolute Gasteiger partial charge is 0.164 e. The molecule has 0 bridgehead atoms. The minimum atomic E-state index is -0.444. The molecule has 0 spiro atoms. The summed E-state index contributed by atoms with van der Waals surface area (Å²) in [4.78, 5) is 0. The Balaban J connectivity index is 1.89. The molecule has 1 saturated heterocycles. The second-order valence-corrected chi connectivity index (χ2v) is 7.55. The van der Waals surface area contributed by atoms with E-state index in [0.717, 1.165) is 6.42 Å². The van der Waals surface area contributed by atoms with Crippen molar-refractivity contribution >= 4 is 0 Å². The zero-order chi connectivity index (χ0) is 17.0. The highest BCUT2D eigenvalue weighted by Gasteiger charge is 2.38. The summed E-state index contributed by atoms with van der Waals surface area (Å²) in [5.74, 6) is -0.444. The first-order valence-electron chi connectivity index (χ1n) is 10.1. The van der Waals surface area contributed by atoms with Crippen LogP contribution in [0.4, 0.5) is 0 Å². The van der Waals surface area contributed by atoms with Crippen molar-refractivity contribution in [1.82, 2.24) is 0 Å². The van der Waals surface area contributed by atoms with E-state index in [1.807, 2.05) is 19.9 Å². The van der Waals surface area contributed by atoms with Crippen molar-refractivity contribution in [1.29, 1.82) is 0 Å². The van der Waals surface area contributed by atoms with E-state index in [2.05, 4.69) is 13.5 Å². The van der Waals surface area contributed by atoms with Gasteiger partial charge in [0.1, 0.15) is 6.10 Å². The molecule has 0 radical (unpaired) electrons. The van der Waals surface area contributed by atoms with Crippen LogP contribution in [-0.4, -0.2) is 18.0 Å². The molecule has 1 rings (SSSR count). The van der Waals surface area contributed by atoms with Crippen LogP contribution < -0.4 is 0 Å². The fourth-order valence-corrected chi connectivity index (χ4v) is 3.47. The van der Waals surface area contributed by atoms with Gasteiger partial charge in [-0.15, -0.1) is 6.58 Å². The highest BCUT2D eigenvalue weighted by Crippen LogP contribution is 2.31. The zero-order valence-corrected chi connectivity index (χ0v) is 15.9. The molecule has 1 heterocycles. The monoisotopic (exact) mass is 324 g/mol. The number of hydrogen-bond donors (Lipinski definition) is 0. The van der Waals surface area contributed by atoms with E-state index in [1.54, 1.807) is 0 Å². The second-order valence-electron chi connectivity index (χ2n) is 7.55. The predicted octanol–water partition coefficient (Wildman–Crippen LogP) is 6.78. The normalized spacial score (nSPS) is 23.3. The fraction of sp³-hybridized carbons (Fsp3) is 0.905. The van der Waals surface area contributed by atoms with Crippen molar-refractivity contribution in [2.75, 3.05) is 0 Å². The average Bonchev–Trinajstić information content (AvgIpc) is 2.82. The van der Waals surface area contributed by atoms with Crippen LogP contribution in [-0.2, 0) is 9.47 Å². The summed E-state index contributed by atoms with van der Waals surface area (Å²) >= 11 is 0. The summed E-state index contributed by atoms with van der Waals surface area (Å²) in [6, 6.07) is 0. The molecule has 0 aromatic carbocycles. The van der Waals surface area contributed by atoms with Gasteiger partial charge in [-0.25, -0.2) is 0 Å². The lowest BCUT2D eigenvalue weighted by Crippen LogP contribution is -2.21. The topological polar surface area (TPSA) is 18.5 Å². The molecule has 1 aliphatic rings. The molecule has 0 unspecified atom stereocenters. The fourth-order valence-electron chi connectivity index (χ4n) is 3.47. The van der Waals surface area contributed by atoms with Gasteiger partial charge in [-0.05, 0) is 20.3 Å². The molecule has 1 aliphatic heterocycles. The molecular formula is C21H40O2. The van der Waals surface area contributed by atoms with Gasteiger partial charge in [-0.2, -0.15) is 0 Å². The van der Waals surface area contributed by atoms with Crippen LogP contribution in [0.5, 0.6) is 0 Å². The Labute approximate surface area is 145 Å². The first kappa shape index (κ1) is 20.7. The minimum absolute atomic E-state index is 0.0673. The standard InChI is InChI=1S/C21H40O2/c1-5-7-8-9-10-11-12-13-14-15-16-17-18-20-19(6-2)22-21(3,4)23-20/h6,19-20H,2,5,7-18H2,1,3-4H3/t19-,20-/m1/s1. The Bertz CT molecular complexity index is 298. The van der Waals surface area contributed by atoms with Crippen molar-refractivity contribution in [2.24, 2.45) is 0 Å². The zero-order valence-electron chi connectivity index (χ0n) is 15.9. The van der Waals surface area contributed by atoms with Crippen molar-refractivity contribution in [2.45, 2.75) is 122 Å². The van der Waals surface area contributed by atoms with Gasteiger partial charge < -0.3 is 9.47 Å². The molecule has 0 N–H and O–H groups in total. The van der Waals surface area contributed by atoms with Crippen molar-refractivity contribution in [3.05, 3.63) is 12.7 Å². The summed E-state index contributed by atoms with van der Waals surface area (Å²) in [5.41, 5.74) is 0. The van der Waals surface area contributed by atoms with E-state index in [4.69, 9.17) is 9.47 Å². The van der Waals surface area contributed by atoms with Crippen LogP contribution in [0, 0.1) is 0 Å².